The molecule has 0 bridgehead atoms. The van der Waals surface area contributed by atoms with Gasteiger partial charge in [0.1, 0.15) is 18.1 Å². The molecule has 1 unspecified atom stereocenters. The fourth-order valence-corrected chi connectivity index (χ4v) is 1.81. The Hall–Kier alpha value is -1.20. The van der Waals surface area contributed by atoms with E-state index in [0.29, 0.717) is 18.0 Å². The highest BCUT2D eigenvalue weighted by molar-refractivity contribution is 7.09. The van der Waals surface area contributed by atoms with Gasteiger partial charge in [-0.3, -0.25) is 0 Å². The van der Waals surface area contributed by atoms with Crippen LogP contribution in [0.25, 0.3) is 0 Å². The summed E-state index contributed by atoms with van der Waals surface area (Å²) in [6.45, 7) is 1.75. The lowest BCUT2D eigenvalue weighted by Gasteiger charge is -2.03. The average Bonchev–Trinajstić information content (AvgIpc) is 2.75. The van der Waals surface area contributed by atoms with E-state index in [2.05, 4.69) is 9.97 Å². The molecule has 2 aromatic rings. The van der Waals surface area contributed by atoms with Gasteiger partial charge in [-0.25, -0.2) is 9.97 Å². The van der Waals surface area contributed by atoms with Crippen LogP contribution in [-0.2, 0) is 6.42 Å². The third kappa shape index (κ3) is 2.00. The first-order valence-corrected chi connectivity index (χ1v) is 5.12. The molecule has 0 radical (unpaired) electrons. The number of oxazole rings is 1. The molecule has 0 saturated carbocycles. The van der Waals surface area contributed by atoms with Gasteiger partial charge in [-0.15, -0.1) is 11.3 Å². The molecule has 4 nitrogen and oxygen atoms in total. The first-order valence-electron chi connectivity index (χ1n) is 4.24. The van der Waals surface area contributed by atoms with Gasteiger partial charge in [0.25, 0.3) is 0 Å². The highest BCUT2D eigenvalue weighted by Crippen LogP contribution is 2.18. The van der Waals surface area contributed by atoms with E-state index in [-0.39, 0.29) is 0 Å². The summed E-state index contributed by atoms with van der Waals surface area (Å²) < 4.78 is 5.02. The third-order valence-electron chi connectivity index (χ3n) is 1.83. The van der Waals surface area contributed by atoms with Crippen molar-refractivity contribution >= 4 is 11.3 Å². The molecule has 0 aliphatic rings. The Labute approximate surface area is 85.3 Å². The van der Waals surface area contributed by atoms with E-state index in [1.54, 1.807) is 13.1 Å². The molecular weight excluding hydrogens is 200 g/mol. The highest BCUT2D eigenvalue weighted by Gasteiger charge is 2.13. The van der Waals surface area contributed by atoms with E-state index in [4.69, 9.17) is 4.42 Å². The van der Waals surface area contributed by atoms with Gasteiger partial charge >= 0.3 is 0 Å². The Morgan fingerprint density at radius 2 is 2.50 bits per heavy atom. The fourth-order valence-electron chi connectivity index (χ4n) is 1.16. The lowest BCUT2D eigenvalue weighted by atomic mass is 10.2. The van der Waals surface area contributed by atoms with Crippen molar-refractivity contribution in [1.82, 2.24) is 9.97 Å². The Morgan fingerprint density at radius 1 is 1.64 bits per heavy atom. The quantitative estimate of drug-likeness (QED) is 0.837. The summed E-state index contributed by atoms with van der Waals surface area (Å²) in [5, 5.41) is 12.5. The maximum atomic E-state index is 9.75. The van der Waals surface area contributed by atoms with Crippen molar-refractivity contribution in [2.45, 2.75) is 19.4 Å². The molecule has 0 spiro atoms. The van der Waals surface area contributed by atoms with E-state index in [9.17, 15) is 5.11 Å². The summed E-state index contributed by atoms with van der Waals surface area (Å²) >= 11 is 1.52. The normalized spacial score (nSPS) is 13.0. The van der Waals surface area contributed by atoms with Crippen molar-refractivity contribution in [2.24, 2.45) is 0 Å². The van der Waals surface area contributed by atoms with Crippen LogP contribution in [0.4, 0.5) is 0 Å². The Balaban J connectivity index is 2.06. The predicted octanol–water partition coefficient (Wildman–Crippen LogP) is 1.72. The second kappa shape index (κ2) is 3.89. The third-order valence-corrected chi connectivity index (χ3v) is 2.63. The molecule has 0 aliphatic heterocycles. The highest BCUT2D eigenvalue weighted by atomic mass is 32.1. The van der Waals surface area contributed by atoms with Gasteiger partial charge in [0.15, 0.2) is 5.89 Å². The molecule has 0 aromatic carbocycles. The van der Waals surface area contributed by atoms with Crippen LogP contribution in [0.15, 0.2) is 22.3 Å². The van der Waals surface area contributed by atoms with Crippen LogP contribution < -0.4 is 0 Å². The van der Waals surface area contributed by atoms with Crippen LogP contribution in [0, 0.1) is 6.92 Å². The minimum absolute atomic E-state index is 0.490. The summed E-state index contributed by atoms with van der Waals surface area (Å²) in [6, 6.07) is 0. The Kier molecular flexibility index (Phi) is 2.60. The lowest BCUT2D eigenvalue weighted by molar-refractivity contribution is 0.173. The fraction of sp³-hybridized carbons (Fsp3) is 0.333. The van der Waals surface area contributed by atoms with E-state index in [1.807, 2.05) is 5.38 Å². The molecule has 5 heteroatoms. The van der Waals surface area contributed by atoms with Crippen molar-refractivity contribution in [1.29, 1.82) is 0 Å². The van der Waals surface area contributed by atoms with E-state index < -0.39 is 6.10 Å². The maximum Gasteiger partial charge on any atom is 0.191 e. The zero-order valence-corrected chi connectivity index (χ0v) is 8.49. The van der Waals surface area contributed by atoms with Gasteiger partial charge in [-0.05, 0) is 0 Å². The van der Waals surface area contributed by atoms with Crippen LogP contribution in [-0.4, -0.2) is 15.1 Å². The first kappa shape index (κ1) is 9.36. The SMILES string of the molecule is Cc1nc(C(O)Cc2nccs2)co1. The summed E-state index contributed by atoms with van der Waals surface area (Å²) in [5.74, 6) is 0.568. The van der Waals surface area contributed by atoms with Crippen molar-refractivity contribution < 1.29 is 9.52 Å². The molecule has 0 saturated heterocycles. The van der Waals surface area contributed by atoms with Crippen molar-refractivity contribution in [3.8, 4) is 0 Å². The molecule has 1 N–H and O–H groups in total. The second-order valence-corrected chi connectivity index (χ2v) is 3.92. The van der Waals surface area contributed by atoms with Gasteiger partial charge in [0, 0.05) is 24.9 Å². The average molecular weight is 210 g/mol. The van der Waals surface area contributed by atoms with Crippen molar-refractivity contribution in [2.75, 3.05) is 0 Å². The van der Waals surface area contributed by atoms with E-state index in [0.717, 1.165) is 5.01 Å². The van der Waals surface area contributed by atoms with Gasteiger partial charge < -0.3 is 9.52 Å². The number of rotatable bonds is 3. The number of aliphatic hydroxyl groups excluding tert-OH is 1. The molecule has 2 heterocycles. The largest absolute Gasteiger partial charge is 0.449 e. The number of hydrogen-bond acceptors (Lipinski definition) is 5. The van der Waals surface area contributed by atoms with Crippen molar-refractivity contribution in [3.05, 3.63) is 34.4 Å². The van der Waals surface area contributed by atoms with Crippen LogP contribution >= 0.6 is 11.3 Å². The second-order valence-electron chi connectivity index (χ2n) is 2.94. The van der Waals surface area contributed by atoms with Crippen LogP contribution in [0.2, 0.25) is 0 Å². The number of aryl methyl sites for hydroxylation is 1. The summed E-state index contributed by atoms with van der Waals surface area (Å²) in [7, 11) is 0. The first-order chi connectivity index (χ1) is 6.75. The predicted molar refractivity (Wildman–Crippen MR) is 52.0 cm³/mol. The molecule has 14 heavy (non-hydrogen) atoms. The number of thiazole rings is 1. The zero-order chi connectivity index (χ0) is 9.97. The summed E-state index contributed by atoms with van der Waals surface area (Å²) in [4.78, 5) is 8.14. The topological polar surface area (TPSA) is 59.2 Å². The zero-order valence-electron chi connectivity index (χ0n) is 7.67. The molecule has 2 rings (SSSR count). The Morgan fingerprint density at radius 3 is 3.07 bits per heavy atom. The molecule has 1 atom stereocenters. The van der Waals surface area contributed by atoms with E-state index in [1.165, 1.54) is 17.6 Å². The molecule has 0 amide bonds. The minimum atomic E-state index is -0.626. The van der Waals surface area contributed by atoms with Crippen LogP contribution in [0.1, 0.15) is 22.7 Å². The molecule has 2 aromatic heterocycles. The summed E-state index contributed by atoms with van der Waals surface area (Å²) in [5.41, 5.74) is 0.567. The number of aromatic nitrogens is 2. The minimum Gasteiger partial charge on any atom is -0.449 e. The monoisotopic (exact) mass is 210 g/mol. The van der Waals surface area contributed by atoms with Crippen LogP contribution in [0.5, 0.6) is 0 Å². The molecule has 0 fully saturated rings. The number of aliphatic hydroxyl groups is 1. The molecule has 74 valence electrons. The molecule has 0 aliphatic carbocycles. The number of hydrogen-bond donors (Lipinski definition) is 1. The Bertz CT molecular complexity index is 397. The van der Waals surface area contributed by atoms with Gasteiger partial charge in [-0.2, -0.15) is 0 Å². The smallest absolute Gasteiger partial charge is 0.191 e. The van der Waals surface area contributed by atoms with Crippen molar-refractivity contribution in [3.63, 3.8) is 0 Å². The van der Waals surface area contributed by atoms with Gasteiger partial charge in [0.05, 0.1) is 5.01 Å². The van der Waals surface area contributed by atoms with Gasteiger partial charge in [0.2, 0.25) is 0 Å². The summed E-state index contributed by atoms with van der Waals surface area (Å²) in [6.07, 6.45) is 3.07. The lowest BCUT2D eigenvalue weighted by Crippen LogP contribution is -2.01. The van der Waals surface area contributed by atoms with E-state index >= 15 is 0 Å². The molecular formula is C9H10N2O2S. The number of nitrogens with zero attached hydrogens (tertiary/aromatic N) is 2. The van der Waals surface area contributed by atoms with Crippen LogP contribution in [0.3, 0.4) is 0 Å². The maximum absolute atomic E-state index is 9.75. The van der Waals surface area contributed by atoms with Gasteiger partial charge in [-0.1, -0.05) is 0 Å². The standard InChI is InChI=1S/C9H10N2O2S/c1-6-11-7(5-13-6)8(12)4-9-10-2-3-14-9/h2-3,5,8,12H,4H2,1H3.